The van der Waals surface area contributed by atoms with Crippen molar-refractivity contribution in [3.63, 3.8) is 0 Å². The van der Waals surface area contributed by atoms with E-state index >= 15 is 0 Å². The first-order chi connectivity index (χ1) is 9.34. The van der Waals surface area contributed by atoms with Gasteiger partial charge in [0.1, 0.15) is 4.90 Å². The van der Waals surface area contributed by atoms with Crippen molar-refractivity contribution in [1.82, 2.24) is 14.1 Å². The van der Waals surface area contributed by atoms with E-state index < -0.39 is 10.0 Å². The van der Waals surface area contributed by atoms with E-state index in [1.807, 2.05) is 30.3 Å². The van der Waals surface area contributed by atoms with Gasteiger partial charge in [0.2, 0.25) is 10.0 Å². The van der Waals surface area contributed by atoms with Crippen LogP contribution >= 0.6 is 0 Å². The summed E-state index contributed by atoms with van der Waals surface area (Å²) in [6, 6.07) is 9.86. The van der Waals surface area contributed by atoms with Gasteiger partial charge in [0.25, 0.3) is 0 Å². The van der Waals surface area contributed by atoms with Gasteiger partial charge in [0.05, 0.1) is 17.9 Å². The number of aryl methyl sites for hydroxylation is 1. The molecule has 2 rings (SSSR count). The molecule has 0 bridgehead atoms. The van der Waals surface area contributed by atoms with Crippen LogP contribution in [0.2, 0.25) is 0 Å². The van der Waals surface area contributed by atoms with Crippen LogP contribution in [0.1, 0.15) is 17.0 Å². The zero-order valence-corrected chi connectivity index (χ0v) is 13.0. The van der Waals surface area contributed by atoms with Crippen LogP contribution in [0.4, 0.5) is 0 Å². The minimum absolute atomic E-state index is 0.304. The van der Waals surface area contributed by atoms with Crippen LogP contribution in [-0.2, 0) is 16.6 Å². The predicted molar refractivity (Wildman–Crippen MR) is 78.1 cm³/mol. The average Bonchev–Trinajstić information content (AvgIpc) is 2.65. The van der Waals surface area contributed by atoms with Crippen molar-refractivity contribution >= 4 is 10.0 Å². The zero-order valence-electron chi connectivity index (χ0n) is 12.2. The van der Waals surface area contributed by atoms with Crippen molar-refractivity contribution < 1.29 is 8.42 Å². The Labute approximate surface area is 119 Å². The zero-order chi connectivity index (χ0) is 14.9. The Morgan fingerprint density at radius 3 is 2.30 bits per heavy atom. The molecule has 5 nitrogen and oxygen atoms in total. The Hall–Kier alpha value is -1.66. The van der Waals surface area contributed by atoms with Crippen molar-refractivity contribution in [2.45, 2.75) is 25.3 Å². The van der Waals surface area contributed by atoms with Gasteiger partial charge >= 0.3 is 0 Å². The molecular weight excluding hydrogens is 274 g/mol. The third kappa shape index (κ3) is 2.62. The first-order valence-electron chi connectivity index (χ1n) is 6.34. The lowest BCUT2D eigenvalue weighted by molar-refractivity contribution is 0.519. The lowest BCUT2D eigenvalue weighted by Gasteiger charge is -2.11. The normalized spacial score (nSPS) is 12.1. The van der Waals surface area contributed by atoms with E-state index in [1.54, 1.807) is 18.5 Å². The van der Waals surface area contributed by atoms with Gasteiger partial charge in [-0.3, -0.25) is 4.68 Å². The smallest absolute Gasteiger partial charge is 0.246 e. The maximum absolute atomic E-state index is 12.3. The molecule has 1 heterocycles. The third-order valence-corrected chi connectivity index (χ3v) is 5.30. The number of hydrogen-bond acceptors (Lipinski definition) is 3. The van der Waals surface area contributed by atoms with Crippen molar-refractivity contribution in [2.75, 3.05) is 14.1 Å². The molecule has 0 amide bonds. The van der Waals surface area contributed by atoms with E-state index in [-0.39, 0.29) is 0 Å². The summed E-state index contributed by atoms with van der Waals surface area (Å²) in [6.07, 6.45) is 0. The standard InChI is InChI=1S/C14H19N3O2S/c1-11-14(20(18,19)16(3)4)12(2)17(15-11)10-13-8-6-5-7-9-13/h5-9H,10H2,1-4H3. The Morgan fingerprint density at radius 1 is 1.15 bits per heavy atom. The number of benzene rings is 1. The molecule has 0 radical (unpaired) electrons. The minimum Gasteiger partial charge on any atom is -0.264 e. The fraction of sp³-hybridized carbons (Fsp3) is 0.357. The molecule has 6 heteroatoms. The number of sulfonamides is 1. The van der Waals surface area contributed by atoms with Crippen LogP contribution < -0.4 is 0 Å². The second-order valence-corrected chi connectivity index (χ2v) is 7.02. The summed E-state index contributed by atoms with van der Waals surface area (Å²) in [5.41, 5.74) is 2.29. The van der Waals surface area contributed by atoms with Gasteiger partial charge < -0.3 is 0 Å². The molecule has 0 unspecified atom stereocenters. The van der Waals surface area contributed by atoms with E-state index in [4.69, 9.17) is 0 Å². The van der Waals surface area contributed by atoms with Gasteiger partial charge in [0.15, 0.2) is 0 Å². The van der Waals surface area contributed by atoms with Gasteiger partial charge in [-0.25, -0.2) is 12.7 Å². The van der Waals surface area contributed by atoms with Gasteiger partial charge in [-0.15, -0.1) is 0 Å². The summed E-state index contributed by atoms with van der Waals surface area (Å²) in [7, 11) is -0.399. The summed E-state index contributed by atoms with van der Waals surface area (Å²) in [4.78, 5) is 0.304. The summed E-state index contributed by atoms with van der Waals surface area (Å²) in [5.74, 6) is 0. The van der Waals surface area contributed by atoms with Crippen LogP contribution in [0.25, 0.3) is 0 Å². The van der Waals surface area contributed by atoms with Gasteiger partial charge in [-0.1, -0.05) is 30.3 Å². The molecule has 1 aromatic carbocycles. The molecule has 1 aromatic heterocycles. The van der Waals surface area contributed by atoms with Gasteiger partial charge in [-0.05, 0) is 19.4 Å². The van der Waals surface area contributed by atoms with Crippen LogP contribution in [0.5, 0.6) is 0 Å². The van der Waals surface area contributed by atoms with Crippen LogP contribution in [0, 0.1) is 13.8 Å². The van der Waals surface area contributed by atoms with Crippen LogP contribution in [0.3, 0.4) is 0 Å². The fourth-order valence-electron chi connectivity index (χ4n) is 2.15. The Balaban J connectivity index is 2.45. The highest BCUT2D eigenvalue weighted by Gasteiger charge is 2.26. The number of nitrogens with zero attached hydrogens (tertiary/aromatic N) is 3. The van der Waals surface area contributed by atoms with Crippen LogP contribution in [-0.4, -0.2) is 36.6 Å². The Kier molecular flexibility index (Phi) is 3.96. The lowest BCUT2D eigenvalue weighted by atomic mass is 10.2. The minimum atomic E-state index is -3.46. The number of aromatic nitrogens is 2. The van der Waals surface area contributed by atoms with E-state index in [0.717, 1.165) is 5.56 Å². The monoisotopic (exact) mass is 293 g/mol. The molecule has 0 aliphatic rings. The molecule has 0 fully saturated rings. The molecule has 0 atom stereocenters. The molecule has 0 aliphatic carbocycles. The van der Waals surface area contributed by atoms with Crippen molar-refractivity contribution in [3.8, 4) is 0 Å². The maximum Gasteiger partial charge on any atom is 0.246 e. The first kappa shape index (κ1) is 14.7. The fourth-order valence-corrected chi connectivity index (χ4v) is 3.40. The van der Waals surface area contributed by atoms with Gasteiger partial charge in [0, 0.05) is 14.1 Å². The first-order valence-corrected chi connectivity index (χ1v) is 7.78. The molecule has 2 aromatic rings. The molecular formula is C14H19N3O2S. The quantitative estimate of drug-likeness (QED) is 0.863. The number of hydrogen-bond donors (Lipinski definition) is 0. The SMILES string of the molecule is Cc1nn(Cc2ccccc2)c(C)c1S(=O)(=O)N(C)C. The summed E-state index contributed by atoms with van der Waals surface area (Å²) >= 11 is 0. The summed E-state index contributed by atoms with van der Waals surface area (Å²) < 4.78 is 27.6. The molecule has 0 spiro atoms. The second-order valence-electron chi connectivity index (χ2n) is 4.93. The van der Waals surface area contributed by atoms with Crippen molar-refractivity contribution in [2.24, 2.45) is 0 Å². The van der Waals surface area contributed by atoms with Crippen LogP contribution in [0.15, 0.2) is 35.2 Å². The largest absolute Gasteiger partial charge is 0.264 e. The predicted octanol–water partition coefficient (Wildman–Crippen LogP) is 1.80. The van der Waals surface area contributed by atoms with E-state index in [9.17, 15) is 8.42 Å². The summed E-state index contributed by atoms with van der Waals surface area (Å²) in [5, 5.41) is 4.36. The van der Waals surface area contributed by atoms with Crippen molar-refractivity contribution in [1.29, 1.82) is 0 Å². The highest BCUT2D eigenvalue weighted by atomic mass is 32.2. The molecule has 0 saturated carbocycles. The molecule has 0 aliphatic heterocycles. The van der Waals surface area contributed by atoms with Gasteiger partial charge in [-0.2, -0.15) is 5.10 Å². The maximum atomic E-state index is 12.3. The Morgan fingerprint density at radius 2 is 1.75 bits per heavy atom. The Bertz CT molecular complexity index is 704. The highest BCUT2D eigenvalue weighted by Crippen LogP contribution is 2.22. The summed E-state index contributed by atoms with van der Waals surface area (Å²) in [6.45, 7) is 4.08. The van der Waals surface area contributed by atoms with E-state index in [2.05, 4.69) is 5.10 Å². The lowest BCUT2D eigenvalue weighted by Crippen LogP contribution is -2.23. The topological polar surface area (TPSA) is 55.2 Å². The molecule has 0 N–H and O–H groups in total. The molecule has 20 heavy (non-hydrogen) atoms. The molecule has 108 valence electrons. The number of rotatable bonds is 4. The average molecular weight is 293 g/mol. The second kappa shape index (κ2) is 5.38. The molecule has 0 saturated heterocycles. The van der Waals surface area contributed by atoms with E-state index in [1.165, 1.54) is 18.4 Å². The van der Waals surface area contributed by atoms with Crippen molar-refractivity contribution in [3.05, 3.63) is 47.3 Å². The highest BCUT2D eigenvalue weighted by molar-refractivity contribution is 7.89. The van der Waals surface area contributed by atoms with E-state index in [0.29, 0.717) is 22.8 Å². The third-order valence-electron chi connectivity index (χ3n) is 3.23.